The largest absolute Gasteiger partial charge is 0.493 e. The molecule has 0 heterocycles. The molecule has 0 bridgehead atoms. The van der Waals surface area contributed by atoms with Gasteiger partial charge in [-0.05, 0) is 51.0 Å². The van der Waals surface area contributed by atoms with Crippen LogP contribution in [-0.4, -0.2) is 18.7 Å². The molecule has 2 nitrogen and oxygen atoms in total. The van der Waals surface area contributed by atoms with Gasteiger partial charge in [-0.1, -0.05) is 25.4 Å². The van der Waals surface area contributed by atoms with Gasteiger partial charge < -0.3 is 10.1 Å². The lowest BCUT2D eigenvalue weighted by Gasteiger charge is -2.23. The van der Waals surface area contributed by atoms with E-state index < -0.39 is 0 Å². The summed E-state index contributed by atoms with van der Waals surface area (Å²) in [5, 5.41) is 4.31. The molecule has 3 heteroatoms. The Labute approximate surface area is 122 Å². The van der Waals surface area contributed by atoms with E-state index in [0.29, 0.717) is 12.5 Å². The van der Waals surface area contributed by atoms with Crippen LogP contribution in [0.3, 0.4) is 0 Å². The highest BCUT2D eigenvalue weighted by molar-refractivity contribution is 6.31. The van der Waals surface area contributed by atoms with Gasteiger partial charge in [0.25, 0.3) is 0 Å². The molecule has 0 aromatic heterocycles. The second kappa shape index (κ2) is 7.16. The van der Waals surface area contributed by atoms with Gasteiger partial charge in [-0.15, -0.1) is 0 Å². The van der Waals surface area contributed by atoms with Gasteiger partial charge in [0.05, 0.1) is 6.61 Å². The first-order chi connectivity index (χ1) is 8.81. The molecule has 1 unspecified atom stereocenters. The van der Waals surface area contributed by atoms with E-state index in [1.807, 2.05) is 18.2 Å². The number of rotatable bonds is 6. The number of hydrogen-bond acceptors (Lipinski definition) is 2. The third kappa shape index (κ3) is 6.31. The second-order valence-electron chi connectivity index (χ2n) is 6.15. The highest BCUT2D eigenvalue weighted by Crippen LogP contribution is 2.22. The van der Waals surface area contributed by atoms with Gasteiger partial charge in [0.15, 0.2) is 0 Å². The third-order valence-electron chi connectivity index (χ3n) is 2.91. The molecule has 0 saturated heterocycles. The van der Waals surface area contributed by atoms with E-state index >= 15 is 0 Å². The van der Waals surface area contributed by atoms with Crippen LogP contribution in [-0.2, 0) is 6.42 Å². The first-order valence-corrected chi connectivity index (χ1v) is 7.36. The Kier molecular flexibility index (Phi) is 6.15. The molecule has 1 atom stereocenters. The first kappa shape index (κ1) is 16.3. The molecule has 1 aromatic rings. The SMILES string of the molecule is CCc1cc(OCC(C)CNC(C)(C)C)ccc1Cl. The molecule has 0 spiro atoms. The van der Waals surface area contributed by atoms with Crippen LogP contribution in [0, 0.1) is 5.92 Å². The van der Waals surface area contributed by atoms with Crippen LogP contribution in [0.2, 0.25) is 5.02 Å². The van der Waals surface area contributed by atoms with E-state index in [0.717, 1.165) is 29.3 Å². The van der Waals surface area contributed by atoms with Crippen molar-refractivity contribution in [2.75, 3.05) is 13.2 Å². The van der Waals surface area contributed by atoms with E-state index in [2.05, 4.69) is 39.9 Å². The van der Waals surface area contributed by atoms with Crippen molar-refractivity contribution in [2.24, 2.45) is 5.92 Å². The lowest BCUT2D eigenvalue weighted by molar-refractivity contribution is 0.244. The Balaban J connectivity index is 2.44. The van der Waals surface area contributed by atoms with Gasteiger partial charge >= 0.3 is 0 Å². The zero-order valence-electron chi connectivity index (χ0n) is 12.7. The lowest BCUT2D eigenvalue weighted by Crippen LogP contribution is -2.39. The van der Waals surface area contributed by atoms with Crippen molar-refractivity contribution in [3.63, 3.8) is 0 Å². The van der Waals surface area contributed by atoms with Crippen molar-refractivity contribution in [1.82, 2.24) is 5.32 Å². The minimum Gasteiger partial charge on any atom is -0.493 e. The average molecular weight is 284 g/mol. The van der Waals surface area contributed by atoms with Crippen LogP contribution in [0.25, 0.3) is 0 Å². The number of ether oxygens (including phenoxy) is 1. The predicted octanol–water partition coefficient (Wildman–Crippen LogP) is 4.31. The maximum Gasteiger partial charge on any atom is 0.119 e. The second-order valence-corrected chi connectivity index (χ2v) is 6.56. The molecule has 19 heavy (non-hydrogen) atoms. The van der Waals surface area contributed by atoms with Crippen LogP contribution in [0.15, 0.2) is 18.2 Å². The lowest BCUT2D eigenvalue weighted by atomic mass is 10.1. The van der Waals surface area contributed by atoms with Crippen LogP contribution < -0.4 is 10.1 Å². The van der Waals surface area contributed by atoms with Crippen LogP contribution in [0.4, 0.5) is 0 Å². The monoisotopic (exact) mass is 283 g/mol. The molecule has 1 N–H and O–H groups in total. The summed E-state index contributed by atoms with van der Waals surface area (Å²) in [7, 11) is 0. The zero-order chi connectivity index (χ0) is 14.5. The van der Waals surface area contributed by atoms with E-state index in [9.17, 15) is 0 Å². The predicted molar refractivity (Wildman–Crippen MR) is 83.2 cm³/mol. The van der Waals surface area contributed by atoms with Crippen LogP contribution >= 0.6 is 11.6 Å². The van der Waals surface area contributed by atoms with Gasteiger partial charge in [-0.25, -0.2) is 0 Å². The maximum atomic E-state index is 6.09. The van der Waals surface area contributed by atoms with Gasteiger partial charge in [0.2, 0.25) is 0 Å². The minimum atomic E-state index is 0.157. The minimum absolute atomic E-state index is 0.157. The van der Waals surface area contributed by atoms with Crippen LogP contribution in [0.5, 0.6) is 5.75 Å². The number of benzene rings is 1. The fourth-order valence-corrected chi connectivity index (χ4v) is 1.94. The van der Waals surface area contributed by atoms with Gasteiger partial charge in [-0.2, -0.15) is 0 Å². The highest BCUT2D eigenvalue weighted by Gasteiger charge is 2.11. The molecule has 0 radical (unpaired) electrons. The van der Waals surface area contributed by atoms with Gasteiger partial charge in [-0.3, -0.25) is 0 Å². The number of hydrogen-bond donors (Lipinski definition) is 1. The number of nitrogens with one attached hydrogen (secondary N) is 1. The summed E-state index contributed by atoms with van der Waals surface area (Å²) < 4.78 is 5.83. The van der Waals surface area contributed by atoms with Gasteiger partial charge in [0, 0.05) is 23.0 Å². The average Bonchev–Trinajstić information content (AvgIpc) is 2.34. The summed E-state index contributed by atoms with van der Waals surface area (Å²) in [6.45, 7) is 12.5. The molecule has 0 aliphatic heterocycles. The van der Waals surface area contributed by atoms with E-state index in [1.54, 1.807) is 0 Å². The van der Waals surface area contributed by atoms with E-state index in [4.69, 9.17) is 16.3 Å². The molecular formula is C16H26ClNO. The Morgan fingerprint density at radius 1 is 1.32 bits per heavy atom. The van der Waals surface area contributed by atoms with Crippen molar-refractivity contribution in [3.8, 4) is 5.75 Å². The Morgan fingerprint density at radius 3 is 2.58 bits per heavy atom. The van der Waals surface area contributed by atoms with Crippen molar-refractivity contribution >= 4 is 11.6 Å². The summed E-state index contributed by atoms with van der Waals surface area (Å²) in [6, 6.07) is 5.88. The van der Waals surface area contributed by atoms with E-state index in [-0.39, 0.29) is 5.54 Å². The molecule has 108 valence electrons. The third-order valence-corrected chi connectivity index (χ3v) is 3.28. The Morgan fingerprint density at radius 2 is 2.00 bits per heavy atom. The molecule has 0 aliphatic rings. The smallest absolute Gasteiger partial charge is 0.119 e. The molecule has 0 aliphatic carbocycles. The quantitative estimate of drug-likeness (QED) is 0.840. The first-order valence-electron chi connectivity index (χ1n) is 6.98. The summed E-state index contributed by atoms with van der Waals surface area (Å²) in [6.07, 6.45) is 0.928. The van der Waals surface area contributed by atoms with Crippen molar-refractivity contribution in [2.45, 2.75) is 46.6 Å². The number of aryl methyl sites for hydroxylation is 1. The fourth-order valence-electron chi connectivity index (χ4n) is 1.69. The summed E-state index contributed by atoms with van der Waals surface area (Å²) in [5.74, 6) is 1.38. The maximum absolute atomic E-state index is 6.09. The van der Waals surface area contributed by atoms with Gasteiger partial charge in [0.1, 0.15) is 5.75 Å². The molecule has 1 rings (SSSR count). The zero-order valence-corrected chi connectivity index (χ0v) is 13.5. The highest BCUT2D eigenvalue weighted by atomic mass is 35.5. The Bertz CT molecular complexity index is 398. The fraction of sp³-hybridized carbons (Fsp3) is 0.625. The topological polar surface area (TPSA) is 21.3 Å². The Hall–Kier alpha value is -0.730. The molecular weight excluding hydrogens is 258 g/mol. The van der Waals surface area contributed by atoms with Crippen molar-refractivity contribution in [1.29, 1.82) is 0 Å². The van der Waals surface area contributed by atoms with Crippen LogP contribution in [0.1, 0.15) is 40.2 Å². The summed E-state index contributed by atoms with van der Waals surface area (Å²) in [5.41, 5.74) is 1.30. The molecule has 0 fully saturated rings. The normalized spacial score (nSPS) is 13.4. The number of halogens is 1. The molecule has 0 amide bonds. The van der Waals surface area contributed by atoms with Crippen molar-refractivity contribution in [3.05, 3.63) is 28.8 Å². The summed E-state index contributed by atoms with van der Waals surface area (Å²) >= 11 is 6.09. The molecule has 0 saturated carbocycles. The summed E-state index contributed by atoms with van der Waals surface area (Å²) in [4.78, 5) is 0. The van der Waals surface area contributed by atoms with Crippen molar-refractivity contribution < 1.29 is 4.74 Å². The molecule has 1 aromatic carbocycles. The standard InChI is InChI=1S/C16H26ClNO/c1-6-13-9-14(7-8-15(13)17)19-11-12(2)10-18-16(3,4)5/h7-9,12,18H,6,10-11H2,1-5H3. The van der Waals surface area contributed by atoms with E-state index in [1.165, 1.54) is 0 Å².